The quantitative estimate of drug-likeness (QED) is 0.781. The van der Waals surface area contributed by atoms with Gasteiger partial charge in [-0.05, 0) is 53.7 Å². The topological polar surface area (TPSA) is 35.5 Å². The second-order valence-corrected chi connectivity index (χ2v) is 6.07. The number of carbonyl (C=O) groups is 1. The zero-order valence-corrected chi connectivity index (χ0v) is 11.2. The van der Waals surface area contributed by atoms with Crippen LogP contribution in [-0.4, -0.2) is 20.2 Å². The summed E-state index contributed by atoms with van der Waals surface area (Å²) in [7, 11) is 3.20. The van der Waals surface area contributed by atoms with Crippen LogP contribution in [-0.2, 0) is 9.53 Å². The highest BCUT2D eigenvalue weighted by Crippen LogP contribution is 2.78. The summed E-state index contributed by atoms with van der Waals surface area (Å²) in [6.07, 6.45) is 1.21. The van der Waals surface area contributed by atoms with Crippen LogP contribution in [0.4, 0.5) is 0 Å². The van der Waals surface area contributed by atoms with Crippen molar-refractivity contribution in [3.63, 3.8) is 0 Å². The predicted molar refractivity (Wildman–Crippen MR) is 69.8 cm³/mol. The first-order valence-electron chi connectivity index (χ1n) is 6.98. The van der Waals surface area contributed by atoms with E-state index < -0.39 is 0 Å². The molecule has 0 saturated heterocycles. The van der Waals surface area contributed by atoms with Crippen LogP contribution in [0.1, 0.15) is 17.9 Å². The number of carbonyl (C=O) groups excluding carboxylic acids is 1. The van der Waals surface area contributed by atoms with E-state index in [-0.39, 0.29) is 11.9 Å². The van der Waals surface area contributed by atoms with E-state index in [1.165, 1.54) is 19.1 Å². The highest BCUT2D eigenvalue weighted by Gasteiger charge is 2.75. The number of ether oxygens (including phenoxy) is 2. The van der Waals surface area contributed by atoms with Gasteiger partial charge < -0.3 is 9.47 Å². The SMILES string of the molecule is COC(=O)C1C2CC3C1C3C2c1ccc(OC)cc1. The average Bonchev–Trinajstić information content (AvgIpc) is 2.84. The van der Waals surface area contributed by atoms with Crippen molar-refractivity contribution in [3.8, 4) is 5.75 Å². The van der Waals surface area contributed by atoms with Crippen molar-refractivity contribution in [2.75, 3.05) is 14.2 Å². The monoisotopic (exact) mass is 258 g/mol. The van der Waals surface area contributed by atoms with Gasteiger partial charge in [0.05, 0.1) is 20.1 Å². The van der Waals surface area contributed by atoms with Gasteiger partial charge in [-0.2, -0.15) is 0 Å². The molecule has 3 heteroatoms. The van der Waals surface area contributed by atoms with Crippen LogP contribution in [0.15, 0.2) is 24.3 Å². The molecular formula is C16H18O3. The van der Waals surface area contributed by atoms with Crippen molar-refractivity contribution < 1.29 is 14.3 Å². The molecule has 100 valence electrons. The first-order chi connectivity index (χ1) is 9.26. The van der Waals surface area contributed by atoms with Gasteiger partial charge in [0.1, 0.15) is 5.75 Å². The van der Waals surface area contributed by atoms with Crippen LogP contribution in [0.3, 0.4) is 0 Å². The van der Waals surface area contributed by atoms with E-state index in [9.17, 15) is 4.79 Å². The molecule has 1 aromatic rings. The van der Waals surface area contributed by atoms with Crippen LogP contribution < -0.4 is 4.74 Å². The molecule has 19 heavy (non-hydrogen) atoms. The van der Waals surface area contributed by atoms with E-state index in [1.807, 2.05) is 12.1 Å². The summed E-state index contributed by atoms with van der Waals surface area (Å²) >= 11 is 0. The largest absolute Gasteiger partial charge is 0.497 e. The fourth-order valence-electron chi connectivity index (χ4n) is 4.92. The van der Waals surface area contributed by atoms with Crippen molar-refractivity contribution in [1.29, 1.82) is 0 Å². The van der Waals surface area contributed by atoms with Crippen LogP contribution >= 0.6 is 0 Å². The van der Waals surface area contributed by atoms with E-state index in [0.29, 0.717) is 17.8 Å². The second kappa shape index (κ2) is 3.75. The molecule has 4 fully saturated rings. The normalized spacial score (nSPS) is 41.2. The van der Waals surface area contributed by atoms with E-state index in [4.69, 9.17) is 9.47 Å². The van der Waals surface area contributed by atoms with Gasteiger partial charge in [-0.1, -0.05) is 12.1 Å². The highest BCUT2D eigenvalue weighted by molar-refractivity contribution is 5.76. The van der Waals surface area contributed by atoms with E-state index >= 15 is 0 Å². The molecule has 4 aliphatic rings. The van der Waals surface area contributed by atoms with Gasteiger partial charge in [0, 0.05) is 0 Å². The molecule has 0 amide bonds. The molecule has 3 nitrogen and oxygen atoms in total. The zero-order valence-electron chi connectivity index (χ0n) is 11.2. The molecule has 6 atom stereocenters. The Kier molecular flexibility index (Phi) is 2.23. The molecule has 0 aromatic heterocycles. The smallest absolute Gasteiger partial charge is 0.309 e. The third-order valence-electron chi connectivity index (χ3n) is 5.56. The van der Waals surface area contributed by atoms with Gasteiger partial charge >= 0.3 is 5.97 Å². The van der Waals surface area contributed by atoms with Crippen molar-refractivity contribution in [1.82, 2.24) is 0 Å². The lowest BCUT2D eigenvalue weighted by Crippen LogP contribution is -2.21. The third-order valence-corrected chi connectivity index (χ3v) is 5.56. The Morgan fingerprint density at radius 3 is 2.42 bits per heavy atom. The maximum Gasteiger partial charge on any atom is 0.309 e. The van der Waals surface area contributed by atoms with Gasteiger partial charge in [-0.15, -0.1) is 0 Å². The molecule has 0 heterocycles. The summed E-state index contributed by atoms with van der Waals surface area (Å²) in [5, 5.41) is 0. The predicted octanol–water partition coefficient (Wildman–Crippen LogP) is 2.46. The number of rotatable bonds is 3. The van der Waals surface area contributed by atoms with E-state index in [1.54, 1.807) is 7.11 Å². The van der Waals surface area contributed by atoms with Gasteiger partial charge in [0.15, 0.2) is 0 Å². The fraction of sp³-hybridized carbons (Fsp3) is 0.562. The fourth-order valence-corrected chi connectivity index (χ4v) is 4.92. The lowest BCUT2D eigenvalue weighted by Gasteiger charge is -2.19. The third kappa shape index (κ3) is 1.36. The minimum absolute atomic E-state index is 0.0102. The van der Waals surface area contributed by atoms with Gasteiger partial charge in [-0.25, -0.2) is 0 Å². The average molecular weight is 258 g/mol. The highest BCUT2D eigenvalue weighted by atomic mass is 16.5. The summed E-state index contributed by atoms with van der Waals surface area (Å²) in [4.78, 5) is 11.9. The summed E-state index contributed by atoms with van der Waals surface area (Å²) in [5.41, 5.74) is 1.37. The maximum atomic E-state index is 11.9. The summed E-state index contributed by atoms with van der Waals surface area (Å²) in [6, 6.07) is 8.37. The molecule has 0 N–H and O–H groups in total. The molecule has 1 aromatic carbocycles. The number of hydrogen-bond acceptors (Lipinski definition) is 3. The minimum Gasteiger partial charge on any atom is -0.497 e. The molecule has 4 bridgehead atoms. The van der Waals surface area contributed by atoms with Crippen LogP contribution in [0, 0.1) is 29.6 Å². The van der Waals surface area contributed by atoms with E-state index in [0.717, 1.165) is 17.6 Å². The molecule has 4 aliphatic carbocycles. The Balaban J connectivity index is 1.62. The summed E-state index contributed by atoms with van der Waals surface area (Å²) < 4.78 is 10.2. The molecule has 0 spiro atoms. The standard InChI is InChI=1S/C16H18O3/c1-18-9-5-3-8(4-6-9)12-10-7-11-13(12)14(11)15(10)16(17)19-2/h3-6,10-15H,7H2,1-2H3. The Labute approximate surface area is 112 Å². The Morgan fingerprint density at radius 1 is 1.11 bits per heavy atom. The van der Waals surface area contributed by atoms with Crippen LogP contribution in [0.5, 0.6) is 5.75 Å². The molecule has 4 saturated carbocycles. The molecular weight excluding hydrogens is 240 g/mol. The number of benzene rings is 1. The van der Waals surface area contributed by atoms with Gasteiger partial charge in [0.25, 0.3) is 0 Å². The summed E-state index contributed by atoms with van der Waals surface area (Å²) in [5.74, 6) is 4.23. The molecule has 0 aliphatic heterocycles. The number of methoxy groups -OCH3 is 2. The number of hydrogen-bond donors (Lipinski definition) is 0. The number of esters is 1. The lowest BCUT2D eigenvalue weighted by atomic mass is 9.86. The molecule has 0 radical (unpaired) electrons. The van der Waals surface area contributed by atoms with Crippen molar-refractivity contribution in [2.45, 2.75) is 12.3 Å². The van der Waals surface area contributed by atoms with Crippen molar-refractivity contribution in [2.24, 2.45) is 29.6 Å². The molecule has 5 rings (SSSR count). The first kappa shape index (κ1) is 11.3. The molecule has 6 unspecified atom stereocenters. The van der Waals surface area contributed by atoms with Gasteiger partial charge in [-0.3, -0.25) is 4.79 Å². The zero-order chi connectivity index (χ0) is 13.1. The Bertz CT molecular complexity index is 521. The Morgan fingerprint density at radius 2 is 1.84 bits per heavy atom. The van der Waals surface area contributed by atoms with Gasteiger partial charge in [0.2, 0.25) is 0 Å². The van der Waals surface area contributed by atoms with Crippen LogP contribution in [0.2, 0.25) is 0 Å². The first-order valence-corrected chi connectivity index (χ1v) is 6.98. The second-order valence-electron chi connectivity index (χ2n) is 6.07. The minimum atomic E-state index is 0.0102. The van der Waals surface area contributed by atoms with E-state index in [2.05, 4.69) is 12.1 Å². The summed E-state index contributed by atoms with van der Waals surface area (Å²) in [6.45, 7) is 0. The van der Waals surface area contributed by atoms with Crippen LogP contribution in [0.25, 0.3) is 0 Å². The maximum absolute atomic E-state index is 11.9. The van der Waals surface area contributed by atoms with Crippen molar-refractivity contribution >= 4 is 5.97 Å². The van der Waals surface area contributed by atoms with Crippen molar-refractivity contribution in [3.05, 3.63) is 29.8 Å². The lowest BCUT2D eigenvalue weighted by molar-refractivity contribution is -0.146. The Hall–Kier alpha value is -1.51.